The van der Waals surface area contributed by atoms with Crippen molar-refractivity contribution >= 4 is 117 Å². The molecule has 1 aliphatic heterocycles. The SMILES string of the molecule is CC.CC.COC(=O)C(CSSc1ccccc1N(C)C(=O)Oc1ccc(O)c(C=NC(CCCCN)CN=Cc2cc(OP(=O)(O)O)ccc2O)c1)NC(=O)OCC1c2ccccc2-c2ccccc21.Cc1nc2ccc3ccc(CN(C(=O)OCC4c5ccccc5-c5ccccc54)c4ccc5c(c4)CN(C(CCC(=O)O)C(=O)O)C5=O)cc3c2c(=O)[nH]1.[Cu+2].[Fm].[Fm].[Fm]. The summed E-state index contributed by atoms with van der Waals surface area (Å²) in [7, 11) is 0.506. The van der Waals surface area contributed by atoms with Crippen LogP contribution in [0.3, 0.4) is 0 Å². The number of aromatic amines is 1. The summed E-state index contributed by atoms with van der Waals surface area (Å²) in [6, 6.07) is 58.4. The summed E-state index contributed by atoms with van der Waals surface area (Å²) >= 11 is 0. The van der Waals surface area contributed by atoms with Gasteiger partial charge in [0, 0.05) is 77.3 Å². The molecule has 10 N–H and O–H groups in total. The maximum Gasteiger partial charge on any atom is 2.00 e. The number of aryl methyl sites for hydroxylation is 1. The number of fused-ring (bicyclic) bond motifs is 10. The zero-order valence-corrected chi connectivity index (χ0v) is 81.4. The summed E-state index contributed by atoms with van der Waals surface area (Å²) in [5.74, 6) is -3.72. The molecule has 14 rings (SSSR count). The third-order valence-corrected chi connectivity index (χ3v) is 23.6. The standard InChI is InChI=1S/C47H50N5O12PS2.C42H34N4O8.2C2H6.Cu.3Fm/c1-52(47(57)63-33-18-20-43(54)31(23-33)26-50-32(11-9-10-22-48)27-49-25-30-24-34(19-21-42(30)53)64-65(58,59)60)41-16-7-8-17-44(41)67-66-29-40(45(55)61-2)51-46(56)62-28-39-37-14-5-3-12-35(37)36-13-4-6-15-38(36)39;1-23-43-35-15-12-25-11-10-24(18-33(25)38(35)39(49)44-23)20-45(42(53)54-22-34-31-8-4-2-6-29(31)30-7-3-5-9-32(30)34)27-13-14-28-26(19-27)21-46(40(28)50)36(41(51)52)16-17-37(47)48;2*1-2;;;;/h3-8,12-21,23-26,32,39-40,53-54H,9-11,22,27-29,48H2,1-2H3,(H,51,56)(H2,58,59,60);2-15,18-19,34,36H,16-17,20-22H2,1H3,(H,47,48)(H,51,52)(H,43,44,49);2*1-2H3;;;;/q;;;;+2;;;. The number of hydrogen-bond donors (Lipinski definition) is 9. The van der Waals surface area contributed by atoms with Crippen LogP contribution in [0.2, 0.25) is 0 Å². The minimum absolute atomic E-state index is 0. The van der Waals surface area contributed by atoms with E-state index in [4.69, 9.17) is 34.5 Å². The normalized spacial score (nSPS) is 12.7. The number of methoxy groups -OCH3 is 1. The molecule has 2 aliphatic carbocycles. The molecule has 4 amide bonds. The number of phenols is 2. The fraction of sp³-hybridized carbons (Fsp3) is 0.258. The van der Waals surface area contributed by atoms with Crippen molar-refractivity contribution in [3.05, 3.63) is 273 Å². The maximum atomic E-state index is 14.3. The summed E-state index contributed by atoms with van der Waals surface area (Å²) in [4.78, 5) is 143. The number of amides is 4. The van der Waals surface area contributed by atoms with Crippen molar-refractivity contribution < 1.29 is 109 Å². The van der Waals surface area contributed by atoms with Gasteiger partial charge in [-0.05, 0) is 178 Å². The minimum atomic E-state index is -4.82. The number of esters is 1. The summed E-state index contributed by atoms with van der Waals surface area (Å²) in [5.41, 5.74) is 17.4. The van der Waals surface area contributed by atoms with Gasteiger partial charge < -0.3 is 64.8 Å². The number of nitrogens with one attached hydrogen (secondary N) is 2. The molecule has 3 unspecified atom stereocenters. The second kappa shape index (κ2) is 46.4. The van der Waals surface area contributed by atoms with E-state index in [2.05, 4.69) is 41.9 Å². The Bertz CT molecular complexity index is 5900. The van der Waals surface area contributed by atoms with E-state index in [1.165, 1.54) is 94.4 Å². The van der Waals surface area contributed by atoms with Gasteiger partial charge in [0.1, 0.15) is 54.1 Å². The number of phenolic OH excluding ortho intramolecular Hbond substituents is 2. The molecule has 129 heavy (non-hydrogen) atoms. The Hall–Kier alpha value is -15.6. The minimum Gasteiger partial charge on any atom is -0.507 e. The molecular weight excluding hydrogens is 2490 g/mol. The van der Waals surface area contributed by atoms with Gasteiger partial charge in [0.15, 0.2) is 0 Å². The summed E-state index contributed by atoms with van der Waals surface area (Å²) in [6.07, 6.45) is 2.01. The van der Waals surface area contributed by atoms with Crippen molar-refractivity contribution in [1.82, 2.24) is 20.2 Å². The molecule has 0 saturated carbocycles. The van der Waals surface area contributed by atoms with Gasteiger partial charge in [-0.2, -0.15) is 0 Å². The van der Waals surface area contributed by atoms with Gasteiger partial charge in [-0.15, -0.1) is 0 Å². The molecule has 3 aliphatic rings. The Morgan fingerprint density at radius 3 is 1.84 bits per heavy atom. The Morgan fingerprint density at radius 1 is 0.682 bits per heavy atom. The number of anilines is 2. The number of para-hydroxylation sites is 1. The van der Waals surface area contributed by atoms with Gasteiger partial charge >= 0.3 is 61.1 Å². The fourth-order valence-electron chi connectivity index (χ4n) is 14.8. The largest absolute Gasteiger partial charge is 2.00 e. The van der Waals surface area contributed by atoms with Gasteiger partial charge in [-0.1, -0.05) is 183 Å². The number of carbonyl (C=O) groups is 7. The van der Waals surface area contributed by atoms with Crippen LogP contribution >= 0.6 is 29.4 Å². The van der Waals surface area contributed by atoms with Gasteiger partial charge in [-0.25, -0.2) is 33.5 Å². The van der Waals surface area contributed by atoms with Crippen molar-refractivity contribution in [2.24, 2.45) is 15.7 Å². The number of unbranched alkanes of at least 4 members (excludes halogenated alkanes) is 1. The van der Waals surface area contributed by atoms with Crippen molar-refractivity contribution in [3.63, 3.8) is 0 Å². The third-order valence-electron chi connectivity index (χ3n) is 20.7. The van der Waals surface area contributed by atoms with E-state index < -0.39 is 74.5 Å². The van der Waals surface area contributed by atoms with Gasteiger partial charge in [0.05, 0.1) is 42.8 Å². The van der Waals surface area contributed by atoms with Crippen LogP contribution in [0.15, 0.2) is 226 Å². The number of carboxylic acid groups (broad SMARTS) is 2. The van der Waals surface area contributed by atoms with Crippen LogP contribution in [0.5, 0.6) is 23.0 Å². The molecule has 0 saturated heterocycles. The number of hydrogen-bond acceptors (Lipinski definition) is 22. The predicted molar refractivity (Wildman–Crippen MR) is 482 cm³/mol. The van der Waals surface area contributed by atoms with Crippen LogP contribution in [-0.2, 0) is 63.3 Å². The molecule has 29 nitrogen and oxygen atoms in total. The first-order valence-electron chi connectivity index (χ1n) is 40.4. The first kappa shape index (κ1) is 100. The number of aliphatic imine (C=N–C) groups is 2. The number of carbonyl (C=O) groups excluding carboxylic acids is 5. The van der Waals surface area contributed by atoms with E-state index in [0.717, 1.165) is 67.6 Å². The average Bonchev–Trinajstić information content (AvgIpc) is 1.45. The molecule has 1 radical (unpaired) electrons. The van der Waals surface area contributed by atoms with Crippen molar-refractivity contribution in [2.75, 3.05) is 56.0 Å². The van der Waals surface area contributed by atoms with Crippen LogP contribution in [0, 0.1) is 6.92 Å². The number of aromatic hydroxyl groups is 2. The van der Waals surface area contributed by atoms with E-state index in [1.807, 2.05) is 137 Å². The molecule has 36 heteroatoms. The molecule has 11 aromatic rings. The van der Waals surface area contributed by atoms with Gasteiger partial charge in [0.2, 0.25) is 0 Å². The number of rotatable bonds is 31. The second-order valence-corrected chi connectivity index (χ2v) is 32.2. The third kappa shape index (κ3) is 24.5. The van der Waals surface area contributed by atoms with E-state index in [1.54, 1.807) is 55.5 Å². The van der Waals surface area contributed by atoms with Gasteiger partial charge in [-0.3, -0.25) is 44.0 Å². The Balaban J connectivity index is 0.000000336. The first-order chi connectivity index (χ1) is 60.3. The molecule has 0 fully saturated rings. The number of nitrogens with two attached hydrogens (primary N) is 1. The van der Waals surface area contributed by atoms with Crippen molar-refractivity contribution in [1.29, 1.82) is 0 Å². The number of nitrogens with zero attached hydrogens (tertiary/aromatic N) is 6. The van der Waals surface area contributed by atoms with Crippen LogP contribution in [-0.4, -0.2) is 164 Å². The quantitative estimate of drug-likeness (QED) is 0.00285. The number of carboxylic acids is 2. The number of H-pyrrole nitrogens is 1. The van der Waals surface area contributed by atoms with E-state index in [9.17, 15) is 63.3 Å². The number of ether oxygens (including phenoxy) is 4. The molecule has 3 atom stereocenters. The van der Waals surface area contributed by atoms with Crippen LogP contribution in [0.1, 0.15) is 132 Å². The van der Waals surface area contributed by atoms with Crippen LogP contribution in [0.4, 0.5) is 25.8 Å². The average molecular weight is 2590 g/mol. The molecule has 695 valence electrons. The predicted octanol–water partition coefficient (Wildman–Crippen LogP) is 16.7. The topological polar surface area (TPSA) is 422 Å². The number of benzene rings is 10. The van der Waals surface area contributed by atoms with Crippen molar-refractivity contribution in [3.8, 4) is 45.3 Å². The number of phosphoric ester groups is 1. The molecule has 0 spiro atoms. The fourth-order valence-corrected chi connectivity index (χ4v) is 17.6. The molecule has 2 heterocycles. The Kier molecular flexibility index (Phi) is 36.1. The monoisotopic (exact) mass is 2590 g/mol. The Labute approximate surface area is 745 Å². The number of alkyl carbamates (subject to hydrolysis) is 1. The zero-order valence-electron chi connectivity index (χ0n) is 70.7. The maximum absolute atomic E-state index is 14.3. The van der Waals surface area contributed by atoms with E-state index in [-0.39, 0.29) is 119 Å². The van der Waals surface area contributed by atoms with E-state index >= 15 is 0 Å². The van der Waals surface area contributed by atoms with Gasteiger partial charge in [0.25, 0.3) is 11.5 Å². The molecule has 0 bridgehead atoms. The zero-order chi connectivity index (χ0) is 89.6. The smallest absolute Gasteiger partial charge is 0.507 e. The Morgan fingerprint density at radius 2 is 1.25 bits per heavy atom. The summed E-state index contributed by atoms with van der Waals surface area (Å²) in [5, 5.41) is 44.6. The summed E-state index contributed by atoms with van der Waals surface area (Å²) in [6.45, 7) is 10.4. The van der Waals surface area contributed by atoms with Crippen LogP contribution < -0.4 is 35.7 Å². The van der Waals surface area contributed by atoms with Crippen LogP contribution in [0.25, 0.3) is 43.9 Å². The molecule has 1 aromatic heterocycles. The number of phosphoric acid groups is 1. The van der Waals surface area contributed by atoms with Crippen molar-refractivity contribution in [2.45, 2.75) is 115 Å². The number of aromatic nitrogens is 2. The molecular formula is C93H96CuFm3N9O20PS2+2. The first-order valence-corrected chi connectivity index (χ1v) is 44.3. The van der Waals surface area contributed by atoms with E-state index in [0.29, 0.717) is 62.5 Å². The summed E-state index contributed by atoms with van der Waals surface area (Å²) < 4.78 is 38.4. The number of aliphatic carboxylic acids is 2. The molecule has 10 aromatic carbocycles. The second-order valence-electron chi connectivity index (χ2n) is 28.7.